The second-order valence-electron chi connectivity index (χ2n) is 16.5. The Morgan fingerprint density at radius 1 is 1.05 bits per heavy atom. The molecular formula is C47H62N6O11. The van der Waals surface area contributed by atoms with Crippen LogP contribution in [0.25, 0.3) is 0 Å². The second kappa shape index (κ2) is 24.6. The molecule has 6 N–H and O–H groups in total. The molecule has 346 valence electrons. The molecule has 2 bridgehead atoms. The van der Waals surface area contributed by atoms with Crippen LogP contribution in [0.3, 0.4) is 0 Å². The molecule has 4 amide bonds. The molecule has 4 rings (SSSR count). The van der Waals surface area contributed by atoms with Crippen molar-refractivity contribution in [1.29, 1.82) is 0 Å². The summed E-state index contributed by atoms with van der Waals surface area (Å²) in [5.74, 6) is -5.77. The number of allylic oxidation sites excluding steroid dienone is 4. The molecule has 17 heteroatoms. The average molecular weight is 887 g/mol. The number of cyclic esters (lactones) is 1. The number of pyridine rings is 1. The standard InChI is InChI=1S/C47H62N6O11/c1-29(2)42-45(60)49-37(28-33-16-13-17-34(55)27-33)46(61)53-26-14-18-36(51-53)47(62)63-39(30(3)15-12-22-41(57)52(6)64-40-21-10-11-25-48-40)20-9-7-8-19-38(56)32(5)43(58)35(44(59)50-42)24-23-31(4)54/h7-13,15-17,19,21-22,25,27,29,32,35-39,42-43,51,55-56,58H,14,18,20,23-24,26,28H2,1-6H3,(H,49,60)(H,50,59)/b9-7+,19-8+,22-12+,30-15+/t32-,35+,36?,37-,38-,39-,42-,43+/m0/s1. The number of ether oxygens (including phenoxy) is 1. The SMILES string of the molecule is CC(=O)CC[C@H]1C(=O)N[C@@H](C(C)C)C(=O)N[C@@H](Cc2cccc(O)c2)C(=O)N2CCCC(N2)C(=O)O[C@H](/C(C)=C/C=C/C(=O)N(C)Oc2ccccn2)C/C=C/C=C/[C@H](O)[C@H](C)[C@H]1O. The van der Waals surface area contributed by atoms with E-state index in [1.165, 1.54) is 55.5 Å². The molecule has 3 heterocycles. The average Bonchev–Trinajstić information content (AvgIpc) is 3.26. The van der Waals surface area contributed by atoms with Crippen molar-refractivity contribution in [2.24, 2.45) is 17.8 Å². The maximum Gasteiger partial charge on any atom is 0.325 e. The Morgan fingerprint density at radius 3 is 2.50 bits per heavy atom. The van der Waals surface area contributed by atoms with E-state index in [9.17, 15) is 44.1 Å². The number of carbonyl (C=O) groups excluding carboxylic acids is 6. The molecule has 0 radical (unpaired) electrons. The molecule has 64 heavy (non-hydrogen) atoms. The molecule has 2 aliphatic heterocycles. The van der Waals surface area contributed by atoms with Crippen LogP contribution in [-0.4, -0.2) is 116 Å². The normalized spacial score (nSPS) is 26.8. The van der Waals surface area contributed by atoms with E-state index in [4.69, 9.17) is 9.57 Å². The van der Waals surface area contributed by atoms with Gasteiger partial charge in [0.1, 0.15) is 35.8 Å². The largest absolute Gasteiger partial charge is 0.508 e. The number of hydrogen-bond acceptors (Lipinski definition) is 13. The molecule has 0 saturated carbocycles. The van der Waals surface area contributed by atoms with E-state index in [1.54, 1.807) is 82.3 Å². The number of ketones is 1. The Balaban J connectivity index is 1.69. The van der Waals surface area contributed by atoms with Crippen LogP contribution < -0.4 is 20.9 Å². The number of Topliss-reactive ketones (excluding diaryl/α,β-unsaturated/α-hetero) is 1. The van der Waals surface area contributed by atoms with Gasteiger partial charge in [0.05, 0.1) is 18.1 Å². The highest BCUT2D eigenvalue weighted by Gasteiger charge is 2.38. The Labute approximate surface area is 374 Å². The van der Waals surface area contributed by atoms with E-state index in [2.05, 4.69) is 21.0 Å². The lowest BCUT2D eigenvalue weighted by molar-refractivity contribution is -0.156. The Morgan fingerprint density at radius 2 is 1.81 bits per heavy atom. The minimum Gasteiger partial charge on any atom is -0.508 e. The number of amides is 4. The van der Waals surface area contributed by atoms with E-state index in [1.807, 2.05) is 0 Å². The Kier molecular flexibility index (Phi) is 19.4. The summed E-state index contributed by atoms with van der Waals surface area (Å²) in [4.78, 5) is 90.7. The first-order chi connectivity index (χ1) is 30.4. The summed E-state index contributed by atoms with van der Waals surface area (Å²) in [6.07, 6.45) is 9.46. The van der Waals surface area contributed by atoms with Gasteiger partial charge in [0.15, 0.2) is 0 Å². The summed E-state index contributed by atoms with van der Waals surface area (Å²) in [5.41, 5.74) is 4.08. The number of fused-ring (bicyclic) bond motifs is 2. The van der Waals surface area contributed by atoms with Gasteiger partial charge < -0.3 is 40.3 Å². The van der Waals surface area contributed by atoms with E-state index in [-0.39, 0.29) is 49.6 Å². The van der Waals surface area contributed by atoms with Crippen LogP contribution in [-0.2, 0) is 39.9 Å². The second-order valence-corrected chi connectivity index (χ2v) is 16.5. The molecule has 0 aliphatic carbocycles. The smallest absolute Gasteiger partial charge is 0.325 e. The van der Waals surface area contributed by atoms with Crippen LogP contribution in [0.4, 0.5) is 0 Å². The molecule has 2 aliphatic rings. The van der Waals surface area contributed by atoms with Crippen molar-refractivity contribution in [2.75, 3.05) is 13.6 Å². The predicted octanol–water partition coefficient (Wildman–Crippen LogP) is 3.18. The molecule has 8 atom stereocenters. The van der Waals surface area contributed by atoms with Gasteiger partial charge in [0.2, 0.25) is 17.7 Å². The molecule has 1 fully saturated rings. The Bertz CT molecular complexity index is 2050. The van der Waals surface area contributed by atoms with E-state index in [0.717, 1.165) is 5.06 Å². The van der Waals surface area contributed by atoms with Gasteiger partial charge in [-0.25, -0.2) is 10.4 Å². The number of hydrogen-bond donors (Lipinski definition) is 6. The summed E-state index contributed by atoms with van der Waals surface area (Å²) < 4.78 is 6.05. The van der Waals surface area contributed by atoms with Gasteiger partial charge in [-0.3, -0.25) is 29.0 Å². The molecule has 1 aromatic heterocycles. The predicted molar refractivity (Wildman–Crippen MR) is 236 cm³/mol. The number of nitrogens with one attached hydrogen (secondary N) is 3. The van der Waals surface area contributed by atoms with Gasteiger partial charge in [0.25, 0.3) is 11.8 Å². The fraction of sp³-hybridized carbons (Fsp3) is 0.468. The zero-order chi connectivity index (χ0) is 46.9. The molecule has 1 saturated heterocycles. The quantitative estimate of drug-likeness (QED) is 0.0825. The number of phenols is 1. The van der Waals surface area contributed by atoms with Crippen LogP contribution in [0, 0.1) is 17.8 Å². The maximum absolute atomic E-state index is 14.4. The van der Waals surface area contributed by atoms with Crippen LogP contribution in [0.1, 0.15) is 72.3 Å². The van der Waals surface area contributed by atoms with Crippen molar-refractivity contribution in [3.8, 4) is 11.6 Å². The minimum atomic E-state index is -1.44. The van der Waals surface area contributed by atoms with Crippen molar-refractivity contribution >= 4 is 35.4 Å². The molecule has 17 nitrogen and oxygen atoms in total. The maximum atomic E-state index is 14.4. The fourth-order valence-electron chi connectivity index (χ4n) is 7.13. The van der Waals surface area contributed by atoms with Crippen LogP contribution in [0.5, 0.6) is 11.6 Å². The number of rotatable bonds is 11. The van der Waals surface area contributed by atoms with Gasteiger partial charge in [0, 0.05) is 57.1 Å². The van der Waals surface area contributed by atoms with E-state index in [0.29, 0.717) is 24.0 Å². The number of aliphatic hydroxyl groups is 2. The summed E-state index contributed by atoms with van der Waals surface area (Å²) in [6, 6.07) is 7.85. The zero-order valence-corrected chi connectivity index (χ0v) is 37.3. The topological polar surface area (TPSA) is 237 Å². The third kappa shape index (κ3) is 15.3. The lowest BCUT2D eigenvalue weighted by atomic mass is 9.84. The lowest BCUT2D eigenvalue weighted by Crippen LogP contribution is -2.62. The summed E-state index contributed by atoms with van der Waals surface area (Å²) in [5, 5.41) is 40.7. The van der Waals surface area contributed by atoms with Crippen molar-refractivity contribution in [1.82, 2.24) is 31.1 Å². The number of phenolic OH excluding ortho intramolecular Hbond substituents is 1. The summed E-state index contributed by atoms with van der Waals surface area (Å²) in [7, 11) is 1.44. The molecular weight excluding hydrogens is 825 g/mol. The number of nitrogens with zero attached hydrogens (tertiary/aromatic N) is 3. The number of hydrazine groups is 1. The summed E-state index contributed by atoms with van der Waals surface area (Å²) >= 11 is 0. The van der Waals surface area contributed by atoms with Crippen LogP contribution in [0.2, 0.25) is 0 Å². The number of likely N-dealkylation sites (N-methyl/N-ethyl adjacent to an activating group) is 1. The third-order valence-electron chi connectivity index (χ3n) is 11.0. The van der Waals surface area contributed by atoms with Gasteiger partial charge in [-0.05, 0) is 68.4 Å². The van der Waals surface area contributed by atoms with Crippen molar-refractivity contribution in [3.63, 3.8) is 0 Å². The number of hydroxylamine groups is 2. The highest BCUT2D eigenvalue weighted by Crippen LogP contribution is 2.24. The lowest BCUT2D eigenvalue weighted by Gasteiger charge is -2.36. The van der Waals surface area contributed by atoms with Gasteiger partial charge in [-0.15, -0.1) is 0 Å². The number of carbonyl (C=O) groups is 6. The fourth-order valence-corrected chi connectivity index (χ4v) is 7.13. The minimum absolute atomic E-state index is 0.0391. The number of esters is 1. The first kappa shape index (κ1) is 50.5. The third-order valence-corrected chi connectivity index (χ3v) is 11.0. The van der Waals surface area contributed by atoms with Crippen molar-refractivity contribution < 1.29 is 53.7 Å². The number of aromatic hydroxyl groups is 1. The highest BCUT2D eigenvalue weighted by atomic mass is 16.7. The number of aliphatic hydroxyl groups excluding tert-OH is 2. The molecule has 2 aromatic rings. The Hall–Kier alpha value is -6.17. The summed E-state index contributed by atoms with van der Waals surface area (Å²) in [6.45, 7) is 8.24. The number of benzene rings is 1. The van der Waals surface area contributed by atoms with Crippen molar-refractivity contribution in [2.45, 2.75) is 110 Å². The first-order valence-electron chi connectivity index (χ1n) is 21.5. The van der Waals surface area contributed by atoms with E-state index < -0.39 is 83.8 Å². The molecule has 0 spiro atoms. The highest BCUT2D eigenvalue weighted by molar-refractivity contribution is 5.93. The first-order valence-corrected chi connectivity index (χ1v) is 21.5. The van der Waals surface area contributed by atoms with Crippen LogP contribution >= 0.6 is 0 Å². The van der Waals surface area contributed by atoms with Crippen molar-refractivity contribution in [3.05, 3.63) is 102 Å². The molecule has 1 aromatic carbocycles. The molecule has 1 unspecified atom stereocenters. The van der Waals surface area contributed by atoms with Gasteiger partial charge >= 0.3 is 5.97 Å². The van der Waals surface area contributed by atoms with E-state index >= 15 is 0 Å². The van der Waals surface area contributed by atoms with Crippen LogP contribution in [0.15, 0.2) is 96.8 Å². The zero-order valence-electron chi connectivity index (χ0n) is 37.3. The number of aromatic nitrogens is 1. The monoisotopic (exact) mass is 886 g/mol. The van der Waals surface area contributed by atoms with Gasteiger partial charge in [-0.2, -0.15) is 5.06 Å². The van der Waals surface area contributed by atoms with Gasteiger partial charge in [-0.1, -0.05) is 75.4 Å².